The van der Waals surface area contributed by atoms with Gasteiger partial charge in [0.1, 0.15) is 5.82 Å². The number of carboxylic acids is 1. The fourth-order valence-corrected chi connectivity index (χ4v) is 6.25. The highest BCUT2D eigenvalue weighted by atomic mass is 32.2. The number of nitrogens with zero attached hydrogens (tertiary/aromatic N) is 2. The predicted octanol–water partition coefficient (Wildman–Crippen LogP) is 6.71. The van der Waals surface area contributed by atoms with Crippen molar-refractivity contribution in [1.29, 1.82) is 0 Å². The molecule has 0 fully saturated rings. The number of pyridine rings is 1. The Labute approximate surface area is 194 Å². The first-order valence-electron chi connectivity index (χ1n) is 11.1. The van der Waals surface area contributed by atoms with Crippen molar-refractivity contribution in [3.8, 4) is 11.3 Å². The molecule has 0 unspecified atom stereocenters. The van der Waals surface area contributed by atoms with E-state index in [1.807, 2.05) is 13.2 Å². The van der Waals surface area contributed by atoms with Gasteiger partial charge in [0, 0.05) is 17.4 Å². The Balaban J connectivity index is 2.08. The van der Waals surface area contributed by atoms with Crippen LogP contribution in [0, 0.1) is 25.1 Å². The molecule has 0 saturated carbocycles. The summed E-state index contributed by atoms with van der Waals surface area (Å²) in [4.78, 5) is 16.4. The molecule has 0 radical (unpaired) electrons. The zero-order chi connectivity index (χ0) is 23.4. The van der Waals surface area contributed by atoms with Crippen molar-refractivity contribution in [2.75, 3.05) is 10.6 Å². The summed E-state index contributed by atoms with van der Waals surface area (Å²) in [6.07, 6.45) is 6.27. The number of carbonyl (C=O) groups is 1. The molecule has 0 bridgehead atoms. The topological polar surface area (TPSA) is 53.4 Å². The lowest BCUT2D eigenvalue weighted by atomic mass is 9.71. The van der Waals surface area contributed by atoms with Crippen LogP contribution >= 0.6 is 11.9 Å². The largest absolute Gasteiger partial charge is 0.481 e. The van der Waals surface area contributed by atoms with Crippen molar-refractivity contribution in [3.05, 3.63) is 51.5 Å². The van der Waals surface area contributed by atoms with E-state index in [4.69, 9.17) is 0 Å². The van der Waals surface area contributed by atoms with Crippen LogP contribution < -0.4 is 4.31 Å². The van der Waals surface area contributed by atoms with E-state index < -0.39 is 5.97 Å². The number of aliphatic carboxylic acids is 1. The number of rotatable bonds is 4. The molecule has 2 aromatic rings. The number of benzene rings is 1. The standard InChI is InChI=1S/C26H31FN2O2S/c1-14-11-26(4,5)8-7-19(14)22-16(3)23-24-17(9-18(27)12-28-24)13-29(32-6)25(23)15(2)20(22)10-21(30)31/h9,12H,7-8,10-11,13H2,1-6H3,(H,30,31). The number of hydrogen-bond donors (Lipinski definition) is 1. The second-order valence-electron chi connectivity index (χ2n) is 9.88. The third-order valence-electron chi connectivity index (χ3n) is 6.99. The highest BCUT2D eigenvalue weighted by Gasteiger charge is 2.34. The van der Waals surface area contributed by atoms with Crippen LogP contribution in [0.3, 0.4) is 0 Å². The van der Waals surface area contributed by atoms with Crippen LogP contribution in [0.1, 0.15) is 67.9 Å². The smallest absolute Gasteiger partial charge is 0.307 e. The Hall–Kier alpha value is -2.34. The Morgan fingerprint density at radius 3 is 2.59 bits per heavy atom. The number of aromatic nitrogens is 1. The fraction of sp³-hybridized carbons (Fsp3) is 0.462. The zero-order valence-corrected chi connectivity index (χ0v) is 20.5. The first-order chi connectivity index (χ1) is 15.0. The van der Waals surface area contributed by atoms with Gasteiger partial charge < -0.3 is 9.41 Å². The Morgan fingerprint density at radius 1 is 1.25 bits per heavy atom. The number of halogens is 1. The lowest BCUT2D eigenvalue weighted by Crippen LogP contribution is -2.24. The number of carboxylic acid groups (broad SMARTS) is 1. The first kappa shape index (κ1) is 22.8. The summed E-state index contributed by atoms with van der Waals surface area (Å²) in [5.41, 5.74) is 10.5. The molecular weight excluding hydrogens is 423 g/mol. The summed E-state index contributed by atoms with van der Waals surface area (Å²) < 4.78 is 16.2. The lowest BCUT2D eigenvalue weighted by Gasteiger charge is -2.37. The molecule has 1 aliphatic heterocycles. The molecule has 2 heterocycles. The second-order valence-corrected chi connectivity index (χ2v) is 10.7. The third kappa shape index (κ3) is 3.83. The van der Waals surface area contributed by atoms with E-state index in [1.54, 1.807) is 18.0 Å². The Morgan fingerprint density at radius 2 is 1.97 bits per heavy atom. The molecule has 6 heteroatoms. The van der Waals surface area contributed by atoms with E-state index >= 15 is 0 Å². The van der Waals surface area contributed by atoms with Crippen molar-refractivity contribution >= 4 is 29.2 Å². The van der Waals surface area contributed by atoms with Crippen LogP contribution in [0.4, 0.5) is 10.1 Å². The minimum atomic E-state index is -0.824. The van der Waals surface area contributed by atoms with Gasteiger partial charge in [0.05, 0.1) is 30.5 Å². The minimum Gasteiger partial charge on any atom is -0.481 e. The molecule has 1 N–H and O–H groups in total. The summed E-state index contributed by atoms with van der Waals surface area (Å²) in [5.74, 6) is -1.16. The maximum atomic E-state index is 14.0. The van der Waals surface area contributed by atoms with Gasteiger partial charge >= 0.3 is 5.97 Å². The van der Waals surface area contributed by atoms with Crippen LogP contribution in [-0.4, -0.2) is 22.3 Å². The van der Waals surface area contributed by atoms with E-state index in [-0.39, 0.29) is 17.7 Å². The van der Waals surface area contributed by atoms with Gasteiger partial charge in [-0.1, -0.05) is 31.4 Å². The molecule has 170 valence electrons. The van der Waals surface area contributed by atoms with Gasteiger partial charge in [0.15, 0.2) is 0 Å². The van der Waals surface area contributed by atoms with E-state index in [1.165, 1.54) is 17.3 Å². The molecule has 1 aromatic carbocycles. The molecule has 0 atom stereocenters. The van der Waals surface area contributed by atoms with Crippen molar-refractivity contribution in [1.82, 2.24) is 4.98 Å². The first-order valence-corrected chi connectivity index (χ1v) is 12.3. The third-order valence-corrected chi connectivity index (χ3v) is 7.74. The Bertz CT molecular complexity index is 1150. The van der Waals surface area contributed by atoms with Gasteiger partial charge in [-0.25, -0.2) is 4.39 Å². The van der Waals surface area contributed by atoms with Crippen LogP contribution in [-0.2, 0) is 17.8 Å². The van der Waals surface area contributed by atoms with Crippen LogP contribution in [0.5, 0.6) is 0 Å². The maximum absolute atomic E-state index is 14.0. The normalized spacial score (nSPS) is 17.3. The fourth-order valence-electron chi connectivity index (χ4n) is 5.57. The highest BCUT2D eigenvalue weighted by molar-refractivity contribution is 7.99. The van der Waals surface area contributed by atoms with Gasteiger partial charge in [-0.05, 0) is 79.3 Å². The van der Waals surface area contributed by atoms with Gasteiger partial charge in [0.2, 0.25) is 0 Å². The molecule has 0 amide bonds. The summed E-state index contributed by atoms with van der Waals surface area (Å²) in [7, 11) is 0. The van der Waals surface area contributed by atoms with Gasteiger partial charge in [0.25, 0.3) is 0 Å². The number of anilines is 1. The molecule has 1 aliphatic carbocycles. The summed E-state index contributed by atoms with van der Waals surface area (Å²) in [5, 5.41) is 9.78. The highest BCUT2D eigenvalue weighted by Crippen LogP contribution is 2.51. The van der Waals surface area contributed by atoms with Gasteiger partial charge in [-0.3, -0.25) is 9.78 Å². The zero-order valence-electron chi connectivity index (χ0n) is 19.7. The summed E-state index contributed by atoms with van der Waals surface area (Å²) in [6, 6.07) is 1.57. The average Bonchev–Trinajstić information content (AvgIpc) is 2.70. The van der Waals surface area contributed by atoms with Crippen molar-refractivity contribution < 1.29 is 14.3 Å². The molecule has 2 aliphatic rings. The second kappa shape index (κ2) is 8.22. The molecule has 0 saturated heterocycles. The molecule has 1 aromatic heterocycles. The van der Waals surface area contributed by atoms with E-state index in [2.05, 4.69) is 37.0 Å². The minimum absolute atomic E-state index is 0.0125. The van der Waals surface area contributed by atoms with Crippen molar-refractivity contribution in [2.24, 2.45) is 5.41 Å². The predicted molar refractivity (Wildman–Crippen MR) is 130 cm³/mol. The van der Waals surface area contributed by atoms with Crippen molar-refractivity contribution in [3.63, 3.8) is 0 Å². The van der Waals surface area contributed by atoms with E-state index in [0.29, 0.717) is 6.54 Å². The number of hydrogen-bond acceptors (Lipinski definition) is 4. The lowest BCUT2D eigenvalue weighted by molar-refractivity contribution is -0.136. The Kier molecular flexibility index (Phi) is 5.86. The molecular formula is C26H31FN2O2S. The van der Waals surface area contributed by atoms with Crippen LogP contribution in [0.2, 0.25) is 0 Å². The average molecular weight is 455 g/mol. The van der Waals surface area contributed by atoms with Crippen molar-refractivity contribution in [2.45, 2.75) is 66.8 Å². The SMILES string of the molecule is CSN1Cc2cc(F)cnc2-c2c(C)c(C3=C(C)CC(C)(C)CC3)c(CC(=O)O)c(C)c21. The van der Waals surface area contributed by atoms with Gasteiger partial charge in [-0.15, -0.1) is 0 Å². The molecule has 0 spiro atoms. The number of allylic oxidation sites excluding steroid dienone is 2. The summed E-state index contributed by atoms with van der Waals surface area (Å²) in [6.45, 7) is 11.4. The monoisotopic (exact) mass is 454 g/mol. The van der Waals surface area contributed by atoms with E-state index in [0.717, 1.165) is 64.0 Å². The quantitative estimate of drug-likeness (QED) is 0.520. The maximum Gasteiger partial charge on any atom is 0.307 e. The van der Waals surface area contributed by atoms with Crippen LogP contribution in [0.15, 0.2) is 17.8 Å². The molecule has 4 nitrogen and oxygen atoms in total. The van der Waals surface area contributed by atoms with E-state index in [9.17, 15) is 14.3 Å². The summed E-state index contributed by atoms with van der Waals surface area (Å²) >= 11 is 1.57. The number of fused-ring (bicyclic) bond motifs is 3. The molecule has 4 rings (SSSR count). The van der Waals surface area contributed by atoms with Gasteiger partial charge in [-0.2, -0.15) is 0 Å². The van der Waals surface area contributed by atoms with Crippen LogP contribution in [0.25, 0.3) is 16.8 Å². The molecule has 32 heavy (non-hydrogen) atoms.